The number of hydrogen-bond donors (Lipinski definition) is 3. The van der Waals surface area contributed by atoms with Gasteiger partial charge in [0.25, 0.3) is 0 Å². The van der Waals surface area contributed by atoms with Crippen LogP contribution in [0.15, 0.2) is 0 Å². The Kier molecular flexibility index (Phi) is 4.60. The van der Waals surface area contributed by atoms with E-state index in [1.165, 1.54) is 11.5 Å². The molecule has 1 unspecified atom stereocenters. The third-order valence-corrected chi connectivity index (χ3v) is 3.90. The molecule has 1 amide bonds. The summed E-state index contributed by atoms with van der Waals surface area (Å²) < 4.78 is 9.06. The van der Waals surface area contributed by atoms with Gasteiger partial charge in [0.15, 0.2) is 0 Å². The number of ether oxygens (including phenoxy) is 1. The molecule has 1 aromatic rings. The summed E-state index contributed by atoms with van der Waals surface area (Å²) in [5.41, 5.74) is 6.96. The first kappa shape index (κ1) is 14.1. The Morgan fingerprint density at radius 3 is 3.00 bits per heavy atom. The van der Waals surface area contributed by atoms with Crippen molar-refractivity contribution in [2.75, 3.05) is 31.3 Å². The Morgan fingerprint density at radius 2 is 2.37 bits per heavy atom. The minimum absolute atomic E-state index is 0.0502. The predicted molar refractivity (Wildman–Crippen MR) is 76.5 cm³/mol. The van der Waals surface area contributed by atoms with Crippen LogP contribution in [0.1, 0.15) is 31.2 Å². The molecule has 1 heterocycles. The lowest BCUT2D eigenvalue weighted by Crippen LogP contribution is -2.39. The van der Waals surface area contributed by atoms with Crippen LogP contribution in [0.3, 0.4) is 0 Å². The molecule has 0 spiro atoms. The highest BCUT2D eigenvalue weighted by molar-refractivity contribution is 7.10. The fourth-order valence-electron chi connectivity index (χ4n) is 1.87. The quantitative estimate of drug-likeness (QED) is 0.654. The van der Waals surface area contributed by atoms with E-state index < -0.39 is 0 Å². The van der Waals surface area contributed by atoms with Gasteiger partial charge in [-0.1, -0.05) is 0 Å². The predicted octanol–water partition coefficient (Wildman–Crippen LogP) is 1.17. The molecule has 6 nitrogen and oxygen atoms in total. The monoisotopic (exact) mass is 284 g/mol. The van der Waals surface area contributed by atoms with Gasteiger partial charge in [-0.3, -0.25) is 4.79 Å². The second-order valence-electron chi connectivity index (χ2n) is 4.73. The molecule has 1 saturated carbocycles. The average Bonchev–Trinajstić information content (AvgIpc) is 3.15. The van der Waals surface area contributed by atoms with E-state index in [2.05, 4.69) is 15.0 Å². The summed E-state index contributed by atoms with van der Waals surface area (Å²) in [6, 6.07) is -0.311. The van der Waals surface area contributed by atoms with Gasteiger partial charge in [-0.05, 0) is 37.2 Å². The molecule has 0 bridgehead atoms. The van der Waals surface area contributed by atoms with Crippen LogP contribution in [0.4, 0.5) is 10.8 Å². The van der Waals surface area contributed by atoms with E-state index in [0.29, 0.717) is 24.9 Å². The van der Waals surface area contributed by atoms with Crippen molar-refractivity contribution < 1.29 is 9.53 Å². The minimum Gasteiger partial charge on any atom is -0.383 e. The van der Waals surface area contributed by atoms with Gasteiger partial charge < -0.3 is 21.1 Å². The van der Waals surface area contributed by atoms with Crippen LogP contribution in [-0.2, 0) is 9.53 Å². The number of methoxy groups -OCH3 is 1. The molecular weight excluding hydrogens is 264 g/mol. The molecule has 0 radical (unpaired) electrons. The smallest absolute Gasteiger partial charge is 0.242 e. The highest BCUT2D eigenvalue weighted by atomic mass is 32.1. The van der Waals surface area contributed by atoms with Crippen molar-refractivity contribution in [3.05, 3.63) is 5.56 Å². The molecule has 2 rings (SSSR count). The summed E-state index contributed by atoms with van der Waals surface area (Å²) in [5.74, 6) is 1.07. The standard InChI is InChI=1S/C12H20N4O2S/c1-7(11(17)14-5-6-18-2)15-12-9(8-3-4-8)10(13)16-19-12/h7-8,15H,3-6H2,1-2H3,(H2,13,16)(H,14,17). The van der Waals surface area contributed by atoms with E-state index in [-0.39, 0.29) is 11.9 Å². The molecule has 106 valence electrons. The number of carbonyl (C=O) groups is 1. The summed E-state index contributed by atoms with van der Waals surface area (Å²) in [6.45, 7) is 2.86. The maximum Gasteiger partial charge on any atom is 0.242 e. The van der Waals surface area contributed by atoms with Gasteiger partial charge in [0, 0.05) is 19.2 Å². The number of aromatic nitrogens is 1. The second kappa shape index (κ2) is 6.21. The molecule has 1 atom stereocenters. The van der Waals surface area contributed by atoms with Crippen LogP contribution < -0.4 is 16.4 Å². The molecule has 1 aliphatic carbocycles. The zero-order valence-corrected chi connectivity index (χ0v) is 12.0. The van der Waals surface area contributed by atoms with Crippen molar-refractivity contribution in [2.45, 2.75) is 31.7 Å². The molecule has 19 heavy (non-hydrogen) atoms. The van der Waals surface area contributed by atoms with E-state index in [9.17, 15) is 4.79 Å². The van der Waals surface area contributed by atoms with Crippen LogP contribution in [0.5, 0.6) is 0 Å². The third kappa shape index (κ3) is 3.57. The van der Waals surface area contributed by atoms with Crippen molar-refractivity contribution in [1.29, 1.82) is 0 Å². The van der Waals surface area contributed by atoms with Gasteiger partial charge in [0.2, 0.25) is 5.91 Å². The molecule has 0 aliphatic heterocycles. The second-order valence-corrected chi connectivity index (χ2v) is 5.51. The van der Waals surface area contributed by atoms with Gasteiger partial charge in [-0.25, -0.2) is 0 Å². The lowest BCUT2D eigenvalue weighted by Gasteiger charge is -2.14. The van der Waals surface area contributed by atoms with Crippen molar-refractivity contribution in [3.63, 3.8) is 0 Å². The SMILES string of the molecule is COCCNC(=O)C(C)Nc1snc(N)c1C1CC1. The fraction of sp³-hybridized carbons (Fsp3) is 0.667. The van der Waals surface area contributed by atoms with Crippen molar-refractivity contribution in [3.8, 4) is 0 Å². The van der Waals surface area contributed by atoms with Gasteiger partial charge in [-0.15, -0.1) is 0 Å². The number of rotatable bonds is 7. The number of nitrogens with two attached hydrogens (primary N) is 1. The molecule has 0 saturated heterocycles. The normalized spacial score (nSPS) is 16.1. The summed E-state index contributed by atoms with van der Waals surface area (Å²) in [6.07, 6.45) is 2.32. The van der Waals surface area contributed by atoms with E-state index in [1.54, 1.807) is 7.11 Å². The first-order valence-corrected chi connectivity index (χ1v) is 7.19. The largest absolute Gasteiger partial charge is 0.383 e. The van der Waals surface area contributed by atoms with Gasteiger partial charge in [0.05, 0.1) is 6.61 Å². The van der Waals surface area contributed by atoms with Crippen LogP contribution >= 0.6 is 11.5 Å². The Balaban J connectivity index is 1.91. The Hall–Kier alpha value is -1.34. The summed E-state index contributed by atoms with van der Waals surface area (Å²) in [4.78, 5) is 11.8. The maximum absolute atomic E-state index is 11.8. The number of nitrogens with zero attached hydrogens (tertiary/aromatic N) is 1. The fourth-order valence-corrected chi connectivity index (χ4v) is 2.76. The Bertz CT molecular complexity index is 445. The van der Waals surface area contributed by atoms with Crippen LogP contribution in [0, 0.1) is 0 Å². The molecular formula is C12H20N4O2S. The molecule has 4 N–H and O–H groups in total. The van der Waals surface area contributed by atoms with Crippen LogP contribution in [0.2, 0.25) is 0 Å². The first-order valence-electron chi connectivity index (χ1n) is 6.41. The third-order valence-electron chi connectivity index (χ3n) is 3.09. The number of hydrogen-bond acceptors (Lipinski definition) is 6. The molecule has 1 aromatic heterocycles. The molecule has 7 heteroatoms. The minimum atomic E-state index is -0.311. The molecule has 1 fully saturated rings. The average molecular weight is 284 g/mol. The highest BCUT2D eigenvalue weighted by Crippen LogP contribution is 2.47. The van der Waals surface area contributed by atoms with Gasteiger partial charge >= 0.3 is 0 Å². The Labute approximate surface area is 116 Å². The number of nitrogen functional groups attached to an aromatic ring is 1. The summed E-state index contributed by atoms with van der Waals surface area (Å²) >= 11 is 1.33. The summed E-state index contributed by atoms with van der Waals surface area (Å²) in [7, 11) is 1.61. The first-order chi connectivity index (χ1) is 9.13. The van der Waals surface area contributed by atoms with Crippen molar-refractivity contribution in [2.24, 2.45) is 0 Å². The molecule has 0 aromatic carbocycles. The zero-order chi connectivity index (χ0) is 13.8. The van der Waals surface area contributed by atoms with E-state index >= 15 is 0 Å². The van der Waals surface area contributed by atoms with Gasteiger partial charge in [-0.2, -0.15) is 4.37 Å². The topological polar surface area (TPSA) is 89.3 Å². The van der Waals surface area contributed by atoms with Crippen molar-refractivity contribution in [1.82, 2.24) is 9.69 Å². The molecule has 1 aliphatic rings. The van der Waals surface area contributed by atoms with E-state index in [0.717, 1.165) is 23.4 Å². The number of nitrogens with one attached hydrogen (secondary N) is 2. The lowest BCUT2D eigenvalue weighted by atomic mass is 10.2. The Morgan fingerprint density at radius 1 is 1.63 bits per heavy atom. The van der Waals surface area contributed by atoms with Crippen LogP contribution in [0.25, 0.3) is 0 Å². The van der Waals surface area contributed by atoms with E-state index in [4.69, 9.17) is 10.5 Å². The summed E-state index contributed by atoms with van der Waals surface area (Å²) in [5, 5.41) is 6.93. The number of carbonyl (C=O) groups excluding carboxylic acids is 1. The van der Waals surface area contributed by atoms with E-state index in [1.807, 2.05) is 6.92 Å². The lowest BCUT2D eigenvalue weighted by molar-refractivity contribution is -0.121. The van der Waals surface area contributed by atoms with Crippen molar-refractivity contribution >= 4 is 28.3 Å². The van der Waals surface area contributed by atoms with Crippen LogP contribution in [-0.4, -0.2) is 36.6 Å². The zero-order valence-electron chi connectivity index (χ0n) is 11.2. The number of anilines is 2. The highest BCUT2D eigenvalue weighted by Gasteiger charge is 2.31. The van der Waals surface area contributed by atoms with Gasteiger partial charge in [0.1, 0.15) is 16.9 Å². The maximum atomic E-state index is 11.8. The number of amides is 1.